The van der Waals surface area contributed by atoms with E-state index in [1.807, 2.05) is 19.2 Å². The van der Waals surface area contributed by atoms with Gasteiger partial charge in [-0.1, -0.05) is 17.7 Å². The van der Waals surface area contributed by atoms with Gasteiger partial charge >= 0.3 is 0 Å². The summed E-state index contributed by atoms with van der Waals surface area (Å²) < 4.78 is 5.10. The highest BCUT2D eigenvalue weighted by Crippen LogP contribution is 2.20. The Kier molecular flexibility index (Phi) is 8.00. The standard InChI is InChI=1S/C20H23ClN2O3S/c1-13-4-7-15(12-17(13)21)22-20(25)18(10-11-27-3)23-19(24)14-5-8-16(26-2)9-6-14/h4-9,12,18H,10-11H2,1-3H3,(H,22,25)(H,23,24)/t18-/m0/s1. The number of anilines is 1. The predicted octanol–water partition coefficient (Wildman–Crippen LogP) is 4.15. The summed E-state index contributed by atoms with van der Waals surface area (Å²) in [6.07, 6.45) is 2.48. The van der Waals surface area contributed by atoms with Gasteiger partial charge in [-0.25, -0.2) is 0 Å². The quantitative estimate of drug-likeness (QED) is 0.691. The highest BCUT2D eigenvalue weighted by Gasteiger charge is 2.21. The van der Waals surface area contributed by atoms with Gasteiger partial charge in [-0.05, 0) is 67.3 Å². The summed E-state index contributed by atoms with van der Waals surface area (Å²) in [5.41, 5.74) is 2.00. The Hall–Kier alpha value is -2.18. The molecule has 0 heterocycles. The first kappa shape index (κ1) is 21.1. The topological polar surface area (TPSA) is 67.4 Å². The molecule has 0 saturated carbocycles. The van der Waals surface area contributed by atoms with Crippen LogP contribution in [0.15, 0.2) is 42.5 Å². The number of carbonyl (C=O) groups excluding carboxylic acids is 2. The number of methoxy groups -OCH3 is 1. The summed E-state index contributed by atoms with van der Waals surface area (Å²) in [7, 11) is 1.56. The highest BCUT2D eigenvalue weighted by molar-refractivity contribution is 7.98. The lowest BCUT2D eigenvalue weighted by molar-refractivity contribution is -0.118. The van der Waals surface area contributed by atoms with Crippen molar-refractivity contribution in [3.05, 3.63) is 58.6 Å². The first-order valence-corrected chi connectivity index (χ1v) is 10.2. The summed E-state index contributed by atoms with van der Waals surface area (Å²) in [5, 5.41) is 6.22. The summed E-state index contributed by atoms with van der Waals surface area (Å²) in [6, 6.07) is 11.4. The number of ether oxygens (including phenoxy) is 1. The molecule has 2 amide bonds. The van der Waals surface area contributed by atoms with E-state index >= 15 is 0 Å². The van der Waals surface area contributed by atoms with Crippen LogP contribution in [0.3, 0.4) is 0 Å². The molecule has 5 nitrogen and oxygen atoms in total. The van der Waals surface area contributed by atoms with Crippen LogP contribution >= 0.6 is 23.4 Å². The van der Waals surface area contributed by atoms with E-state index in [1.165, 1.54) is 0 Å². The molecule has 0 radical (unpaired) electrons. The maximum atomic E-state index is 12.7. The van der Waals surface area contributed by atoms with Crippen molar-refractivity contribution in [2.75, 3.05) is 24.4 Å². The molecule has 7 heteroatoms. The van der Waals surface area contributed by atoms with Gasteiger partial charge in [0.2, 0.25) is 5.91 Å². The maximum absolute atomic E-state index is 12.7. The van der Waals surface area contributed by atoms with Gasteiger partial charge in [-0.15, -0.1) is 0 Å². The van der Waals surface area contributed by atoms with Crippen LogP contribution in [0.1, 0.15) is 22.3 Å². The number of hydrogen-bond donors (Lipinski definition) is 2. The SMILES string of the molecule is COc1ccc(C(=O)N[C@@H](CCSC)C(=O)Nc2ccc(C)c(Cl)c2)cc1. The van der Waals surface area contributed by atoms with Crippen molar-refractivity contribution in [3.63, 3.8) is 0 Å². The van der Waals surface area contributed by atoms with Crippen LogP contribution < -0.4 is 15.4 Å². The van der Waals surface area contributed by atoms with Crippen molar-refractivity contribution in [2.24, 2.45) is 0 Å². The zero-order chi connectivity index (χ0) is 19.8. The van der Waals surface area contributed by atoms with Crippen LogP contribution in [0.5, 0.6) is 5.75 Å². The minimum Gasteiger partial charge on any atom is -0.497 e. The second-order valence-corrected chi connectivity index (χ2v) is 7.38. The highest BCUT2D eigenvalue weighted by atomic mass is 35.5. The first-order valence-electron chi connectivity index (χ1n) is 8.45. The Morgan fingerprint density at radius 2 is 1.89 bits per heavy atom. The fourth-order valence-electron chi connectivity index (χ4n) is 2.39. The molecule has 0 aromatic heterocycles. The monoisotopic (exact) mass is 406 g/mol. The third-order valence-electron chi connectivity index (χ3n) is 4.02. The van der Waals surface area contributed by atoms with Crippen LogP contribution in [0, 0.1) is 6.92 Å². The molecule has 2 aromatic carbocycles. The molecule has 0 bridgehead atoms. The van der Waals surface area contributed by atoms with E-state index in [0.717, 1.165) is 11.3 Å². The molecule has 0 aliphatic rings. The van der Waals surface area contributed by atoms with Crippen LogP contribution in [-0.2, 0) is 4.79 Å². The fraction of sp³-hybridized carbons (Fsp3) is 0.300. The average Bonchev–Trinajstić information content (AvgIpc) is 2.67. The second kappa shape index (κ2) is 10.2. The Morgan fingerprint density at radius 3 is 2.48 bits per heavy atom. The zero-order valence-electron chi connectivity index (χ0n) is 15.5. The van der Waals surface area contributed by atoms with Gasteiger partial charge in [0.1, 0.15) is 11.8 Å². The number of nitrogens with one attached hydrogen (secondary N) is 2. The minimum atomic E-state index is -0.646. The van der Waals surface area contributed by atoms with Crippen molar-refractivity contribution in [1.82, 2.24) is 5.32 Å². The van der Waals surface area contributed by atoms with Gasteiger partial charge in [0.15, 0.2) is 0 Å². The van der Waals surface area contributed by atoms with Crippen molar-refractivity contribution >= 4 is 40.9 Å². The number of thioether (sulfide) groups is 1. The van der Waals surface area contributed by atoms with E-state index in [1.54, 1.807) is 55.3 Å². The lowest BCUT2D eigenvalue weighted by atomic mass is 10.1. The van der Waals surface area contributed by atoms with E-state index in [-0.39, 0.29) is 11.8 Å². The van der Waals surface area contributed by atoms with Crippen LogP contribution in [0.2, 0.25) is 5.02 Å². The van der Waals surface area contributed by atoms with E-state index in [0.29, 0.717) is 28.4 Å². The number of amides is 2. The normalized spacial score (nSPS) is 11.6. The summed E-state index contributed by atoms with van der Waals surface area (Å²) in [6.45, 7) is 1.89. The molecule has 2 N–H and O–H groups in total. The van der Waals surface area contributed by atoms with Gasteiger partial charge in [0, 0.05) is 16.3 Å². The molecule has 27 heavy (non-hydrogen) atoms. The van der Waals surface area contributed by atoms with Crippen LogP contribution in [0.4, 0.5) is 5.69 Å². The molecule has 2 rings (SSSR count). The van der Waals surface area contributed by atoms with Crippen molar-refractivity contribution < 1.29 is 14.3 Å². The number of carbonyl (C=O) groups is 2. The minimum absolute atomic E-state index is 0.272. The van der Waals surface area contributed by atoms with Gasteiger partial charge < -0.3 is 15.4 Å². The molecule has 0 aliphatic heterocycles. The van der Waals surface area contributed by atoms with Crippen LogP contribution in [0.25, 0.3) is 0 Å². The summed E-state index contributed by atoms with van der Waals surface area (Å²) in [5.74, 6) is 0.835. The average molecular weight is 407 g/mol. The van der Waals surface area contributed by atoms with Gasteiger partial charge in [-0.3, -0.25) is 9.59 Å². The lowest BCUT2D eigenvalue weighted by Gasteiger charge is -2.18. The number of hydrogen-bond acceptors (Lipinski definition) is 4. The Labute approximate surface area is 168 Å². The van der Waals surface area contributed by atoms with Gasteiger partial charge in [0.05, 0.1) is 7.11 Å². The van der Waals surface area contributed by atoms with E-state index in [4.69, 9.17) is 16.3 Å². The zero-order valence-corrected chi connectivity index (χ0v) is 17.1. The van der Waals surface area contributed by atoms with Gasteiger partial charge in [0.25, 0.3) is 5.91 Å². The molecule has 0 saturated heterocycles. The molecule has 1 atom stereocenters. The second-order valence-electron chi connectivity index (χ2n) is 5.99. The van der Waals surface area contributed by atoms with Crippen molar-refractivity contribution in [2.45, 2.75) is 19.4 Å². The predicted molar refractivity (Wildman–Crippen MR) is 112 cm³/mol. The molecule has 2 aromatic rings. The molecule has 0 fully saturated rings. The molecule has 0 unspecified atom stereocenters. The summed E-state index contributed by atoms with van der Waals surface area (Å²) in [4.78, 5) is 25.2. The Balaban J connectivity index is 2.08. The largest absolute Gasteiger partial charge is 0.497 e. The van der Waals surface area contributed by atoms with E-state index in [2.05, 4.69) is 10.6 Å². The smallest absolute Gasteiger partial charge is 0.251 e. The van der Waals surface area contributed by atoms with Crippen LogP contribution in [-0.4, -0.2) is 37.0 Å². The van der Waals surface area contributed by atoms with E-state index in [9.17, 15) is 9.59 Å². The third-order valence-corrected chi connectivity index (χ3v) is 5.08. The lowest BCUT2D eigenvalue weighted by Crippen LogP contribution is -2.44. The third kappa shape index (κ3) is 6.19. The molecule has 144 valence electrons. The van der Waals surface area contributed by atoms with Crippen molar-refractivity contribution in [3.8, 4) is 5.75 Å². The molecule has 0 aliphatic carbocycles. The Bertz CT molecular complexity index is 796. The van der Waals surface area contributed by atoms with Crippen molar-refractivity contribution in [1.29, 1.82) is 0 Å². The number of aryl methyl sites for hydroxylation is 1. The van der Waals surface area contributed by atoms with E-state index < -0.39 is 6.04 Å². The Morgan fingerprint density at radius 1 is 1.19 bits per heavy atom. The fourth-order valence-corrected chi connectivity index (χ4v) is 3.04. The molecular formula is C20H23ClN2O3S. The summed E-state index contributed by atoms with van der Waals surface area (Å²) >= 11 is 7.73. The van der Waals surface area contributed by atoms with Gasteiger partial charge in [-0.2, -0.15) is 11.8 Å². The number of rotatable bonds is 8. The molecule has 0 spiro atoms. The molecular weight excluding hydrogens is 384 g/mol. The number of halogens is 1. The first-order chi connectivity index (χ1) is 12.9. The maximum Gasteiger partial charge on any atom is 0.251 e. The number of benzene rings is 2.